The van der Waals surface area contributed by atoms with Crippen LogP contribution in [-0.4, -0.2) is 48.0 Å². The fraction of sp³-hybridized carbons (Fsp3) is 0.476. The van der Waals surface area contributed by atoms with Gasteiger partial charge in [-0.1, -0.05) is 12.1 Å². The minimum Gasteiger partial charge on any atom is -0.484 e. The van der Waals surface area contributed by atoms with E-state index in [1.165, 1.54) is 12.0 Å². The van der Waals surface area contributed by atoms with Crippen molar-refractivity contribution >= 4 is 17.2 Å². The van der Waals surface area contributed by atoms with Crippen molar-refractivity contribution in [2.24, 2.45) is 0 Å². The largest absolute Gasteiger partial charge is 0.484 e. The molecule has 4 nitrogen and oxygen atoms in total. The molecule has 26 heavy (non-hydrogen) atoms. The number of ether oxygens (including phenoxy) is 1. The second kappa shape index (κ2) is 7.80. The molecule has 1 fully saturated rings. The second-order valence-corrected chi connectivity index (χ2v) is 8.31. The van der Waals surface area contributed by atoms with E-state index in [2.05, 4.69) is 16.3 Å². The summed E-state index contributed by atoms with van der Waals surface area (Å²) in [7, 11) is 0. The molecule has 1 saturated heterocycles. The average molecular weight is 371 g/mol. The highest BCUT2D eigenvalue weighted by atomic mass is 32.1. The Morgan fingerprint density at radius 2 is 2.08 bits per heavy atom. The zero-order valence-electron chi connectivity index (χ0n) is 15.3. The molecule has 0 aliphatic carbocycles. The molecule has 2 aliphatic heterocycles. The highest BCUT2D eigenvalue weighted by molar-refractivity contribution is 7.10. The van der Waals surface area contributed by atoms with Gasteiger partial charge in [0, 0.05) is 37.1 Å². The third kappa shape index (κ3) is 3.94. The lowest BCUT2D eigenvalue weighted by atomic mass is 9.99. The van der Waals surface area contributed by atoms with Crippen LogP contribution < -0.4 is 4.74 Å². The Hall–Kier alpha value is -1.85. The van der Waals surface area contributed by atoms with E-state index in [0.717, 1.165) is 50.3 Å². The van der Waals surface area contributed by atoms with Crippen LogP contribution in [0.15, 0.2) is 35.7 Å². The van der Waals surface area contributed by atoms with Gasteiger partial charge in [-0.3, -0.25) is 9.69 Å². The minimum atomic E-state index is 0.101. The molecule has 1 aromatic carbocycles. The third-order valence-corrected chi connectivity index (χ3v) is 6.55. The number of hydrogen-bond donors (Lipinski definition) is 0. The van der Waals surface area contributed by atoms with E-state index in [9.17, 15) is 4.79 Å². The van der Waals surface area contributed by atoms with Crippen LogP contribution in [0.2, 0.25) is 0 Å². The summed E-state index contributed by atoms with van der Waals surface area (Å²) in [5.74, 6) is 0.872. The van der Waals surface area contributed by atoms with Crippen molar-refractivity contribution in [2.45, 2.75) is 38.8 Å². The van der Waals surface area contributed by atoms with E-state index in [1.54, 1.807) is 4.88 Å². The first-order valence-corrected chi connectivity index (χ1v) is 10.3. The van der Waals surface area contributed by atoms with Crippen molar-refractivity contribution in [2.75, 3.05) is 26.2 Å². The minimum absolute atomic E-state index is 0.101. The Morgan fingerprint density at radius 1 is 1.23 bits per heavy atom. The molecule has 0 atom stereocenters. The fourth-order valence-electron chi connectivity index (χ4n) is 4.00. The summed E-state index contributed by atoms with van der Waals surface area (Å²) in [5, 5.41) is 2.21. The third-order valence-electron chi connectivity index (χ3n) is 5.52. The Labute approximate surface area is 159 Å². The van der Waals surface area contributed by atoms with E-state index in [1.807, 2.05) is 47.4 Å². The van der Waals surface area contributed by atoms with E-state index in [-0.39, 0.29) is 12.5 Å². The van der Waals surface area contributed by atoms with Gasteiger partial charge in [-0.05, 0) is 60.9 Å². The number of thiophene rings is 1. The van der Waals surface area contributed by atoms with Crippen LogP contribution in [0.25, 0.3) is 0 Å². The molecule has 1 aromatic heterocycles. The van der Waals surface area contributed by atoms with Crippen LogP contribution in [0, 0.1) is 6.92 Å². The van der Waals surface area contributed by atoms with E-state index in [0.29, 0.717) is 6.04 Å². The van der Waals surface area contributed by atoms with Crippen molar-refractivity contribution in [1.82, 2.24) is 9.80 Å². The van der Waals surface area contributed by atoms with Gasteiger partial charge in [0.2, 0.25) is 0 Å². The second-order valence-electron chi connectivity index (χ2n) is 7.31. The summed E-state index contributed by atoms with van der Waals surface area (Å²) in [6.45, 7) is 6.08. The predicted molar refractivity (Wildman–Crippen MR) is 105 cm³/mol. The van der Waals surface area contributed by atoms with Gasteiger partial charge in [-0.25, -0.2) is 0 Å². The number of benzene rings is 1. The lowest BCUT2D eigenvalue weighted by molar-refractivity contribution is -0.135. The normalized spacial score (nSPS) is 18.6. The number of nitrogens with zero attached hydrogens (tertiary/aromatic N) is 2. The molecule has 138 valence electrons. The summed E-state index contributed by atoms with van der Waals surface area (Å²) in [6, 6.07) is 10.7. The molecule has 2 aliphatic rings. The van der Waals surface area contributed by atoms with Crippen LogP contribution in [0.3, 0.4) is 0 Å². The number of likely N-dealkylation sites (tertiary alicyclic amines) is 1. The molecule has 3 heterocycles. The molecular weight excluding hydrogens is 344 g/mol. The van der Waals surface area contributed by atoms with Gasteiger partial charge in [0.25, 0.3) is 5.91 Å². The van der Waals surface area contributed by atoms with Crippen molar-refractivity contribution in [1.29, 1.82) is 0 Å². The predicted octanol–water partition coefficient (Wildman–Crippen LogP) is 3.48. The van der Waals surface area contributed by atoms with Gasteiger partial charge in [-0.15, -0.1) is 11.3 Å². The maximum atomic E-state index is 12.5. The zero-order chi connectivity index (χ0) is 17.9. The summed E-state index contributed by atoms with van der Waals surface area (Å²) in [6.07, 6.45) is 3.31. The molecule has 0 saturated carbocycles. The standard InChI is InChI=1S/C21H26N2O2S/c1-16-3-2-4-19(13-16)25-15-21(24)22-9-5-18(6-10-22)23-11-7-20-17(14-23)8-12-26-20/h2-4,8,12-13,18H,5-7,9-11,14-15H2,1H3. The average Bonchev–Trinajstić information content (AvgIpc) is 3.14. The van der Waals surface area contributed by atoms with Crippen molar-refractivity contribution < 1.29 is 9.53 Å². The first kappa shape index (κ1) is 17.6. The van der Waals surface area contributed by atoms with E-state index in [4.69, 9.17) is 4.74 Å². The topological polar surface area (TPSA) is 32.8 Å². The summed E-state index contributed by atoms with van der Waals surface area (Å²) in [5.41, 5.74) is 2.65. The Balaban J connectivity index is 1.25. The fourth-order valence-corrected chi connectivity index (χ4v) is 4.89. The van der Waals surface area contributed by atoms with Crippen LogP contribution in [-0.2, 0) is 17.8 Å². The SMILES string of the molecule is Cc1cccc(OCC(=O)N2CCC(N3CCc4sccc4C3)CC2)c1. The molecule has 4 rings (SSSR count). The smallest absolute Gasteiger partial charge is 0.260 e. The summed E-state index contributed by atoms with van der Waals surface area (Å²) in [4.78, 5) is 18.6. The van der Waals surface area contributed by atoms with Crippen LogP contribution in [0.4, 0.5) is 0 Å². The first-order valence-electron chi connectivity index (χ1n) is 9.45. The summed E-state index contributed by atoms with van der Waals surface area (Å²) >= 11 is 1.89. The van der Waals surface area contributed by atoms with Gasteiger partial charge >= 0.3 is 0 Å². The molecule has 0 N–H and O–H groups in total. The molecule has 2 aromatic rings. The Bertz CT molecular complexity index is 765. The molecule has 5 heteroatoms. The van der Waals surface area contributed by atoms with Crippen LogP contribution >= 0.6 is 11.3 Å². The molecule has 1 amide bonds. The lowest BCUT2D eigenvalue weighted by Crippen LogP contribution is -2.48. The Kier molecular flexibility index (Phi) is 5.27. The number of aryl methyl sites for hydroxylation is 1. The number of rotatable bonds is 4. The summed E-state index contributed by atoms with van der Waals surface area (Å²) < 4.78 is 5.67. The van der Waals surface area contributed by atoms with Gasteiger partial charge in [-0.2, -0.15) is 0 Å². The van der Waals surface area contributed by atoms with E-state index >= 15 is 0 Å². The molecular formula is C21H26N2O2S. The number of amides is 1. The lowest BCUT2D eigenvalue weighted by Gasteiger charge is -2.40. The Morgan fingerprint density at radius 3 is 2.88 bits per heavy atom. The number of fused-ring (bicyclic) bond motifs is 1. The highest BCUT2D eigenvalue weighted by Gasteiger charge is 2.29. The van der Waals surface area contributed by atoms with Gasteiger partial charge in [0.15, 0.2) is 6.61 Å². The monoisotopic (exact) mass is 370 g/mol. The van der Waals surface area contributed by atoms with Crippen molar-refractivity contribution in [3.05, 3.63) is 51.7 Å². The van der Waals surface area contributed by atoms with Gasteiger partial charge in [0.1, 0.15) is 5.75 Å². The number of carbonyl (C=O) groups excluding carboxylic acids is 1. The number of hydrogen-bond acceptors (Lipinski definition) is 4. The first-order chi connectivity index (χ1) is 12.7. The maximum absolute atomic E-state index is 12.5. The molecule has 0 bridgehead atoms. The maximum Gasteiger partial charge on any atom is 0.260 e. The van der Waals surface area contributed by atoms with Crippen molar-refractivity contribution in [3.63, 3.8) is 0 Å². The number of piperidine rings is 1. The molecule has 0 spiro atoms. The molecule has 0 unspecified atom stereocenters. The van der Waals surface area contributed by atoms with Crippen LogP contribution in [0.5, 0.6) is 5.75 Å². The number of carbonyl (C=O) groups is 1. The van der Waals surface area contributed by atoms with Crippen molar-refractivity contribution in [3.8, 4) is 5.75 Å². The molecule has 0 radical (unpaired) electrons. The zero-order valence-corrected chi connectivity index (χ0v) is 16.1. The van der Waals surface area contributed by atoms with Gasteiger partial charge in [0.05, 0.1) is 0 Å². The quantitative estimate of drug-likeness (QED) is 0.826. The van der Waals surface area contributed by atoms with Gasteiger partial charge < -0.3 is 9.64 Å². The highest BCUT2D eigenvalue weighted by Crippen LogP contribution is 2.28. The van der Waals surface area contributed by atoms with E-state index < -0.39 is 0 Å². The van der Waals surface area contributed by atoms with Crippen LogP contribution in [0.1, 0.15) is 28.8 Å².